The molecule has 0 bridgehead atoms. The van der Waals surface area contributed by atoms with Crippen LogP contribution in [0.2, 0.25) is 0 Å². The molecule has 1 saturated carbocycles. The number of rotatable bonds is 3. The van der Waals surface area contributed by atoms with Crippen LogP contribution in [0.15, 0.2) is 24.3 Å². The second-order valence-corrected chi connectivity index (χ2v) is 7.89. The van der Waals surface area contributed by atoms with Crippen molar-refractivity contribution >= 4 is 20.6 Å². The summed E-state index contributed by atoms with van der Waals surface area (Å²) in [5.41, 5.74) is -3.12. The Morgan fingerprint density at radius 1 is 1.14 bits per heavy atom. The van der Waals surface area contributed by atoms with Crippen molar-refractivity contribution in [2.45, 2.75) is 56.9 Å². The average molecular weight is 349 g/mol. The van der Waals surface area contributed by atoms with Crippen LogP contribution in [-0.4, -0.2) is 0 Å². The van der Waals surface area contributed by atoms with Gasteiger partial charge < -0.3 is 12.4 Å². The first-order valence-electron chi connectivity index (χ1n) is 7.66. The largest absolute Gasteiger partial charge is 1.00 e. The van der Waals surface area contributed by atoms with Crippen molar-refractivity contribution in [3.63, 3.8) is 0 Å². The van der Waals surface area contributed by atoms with Gasteiger partial charge in [-0.2, -0.15) is 0 Å². The smallest absolute Gasteiger partial charge is 0.600 e. The Bertz CT molecular complexity index is 639. The monoisotopic (exact) mass is 348 g/mol. The molecular formula is C17H20ClF3S. The summed E-state index contributed by atoms with van der Waals surface area (Å²) in [6, 6.07) is 7.49. The first kappa shape index (κ1) is 17.6. The number of halogens is 4. The van der Waals surface area contributed by atoms with Gasteiger partial charge in [-0.1, -0.05) is 32.3 Å². The minimum Gasteiger partial charge on any atom is -1.00 e. The van der Waals surface area contributed by atoms with Gasteiger partial charge in [0.05, 0.1) is 10.5 Å². The van der Waals surface area contributed by atoms with Crippen molar-refractivity contribution in [2.24, 2.45) is 0 Å². The van der Waals surface area contributed by atoms with Crippen molar-refractivity contribution in [3.05, 3.63) is 34.7 Å². The quantitative estimate of drug-likeness (QED) is 0.742. The van der Waals surface area contributed by atoms with E-state index in [4.69, 9.17) is 0 Å². The van der Waals surface area contributed by atoms with E-state index in [1.807, 2.05) is 18.2 Å². The van der Waals surface area contributed by atoms with Crippen molar-refractivity contribution < 1.29 is 25.6 Å². The van der Waals surface area contributed by atoms with Crippen molar-refractivity contribution in [1.82, 2.24) is 0 Å². The van der Waals surface area contributed by atoms with Gasteiger partial charge in [-0.25, -0.2) is 0 Å². The number of benzene rings is 1. The van der Waals surface area contributed by atoms with E-state index in [0.717, 1.165) is 49.5 Å². The third-order valence-electron chi connectivity index (χ3n) is 4.36. The first-order valence-corrected chi connectivity index (χ1v) is 8.89. The number of fused-ring (bicyclic) bond motifs is 1. The molecule has 3 rings (SSSR count). The lowest BCUT2D eigenvalue weighted by molar-refractivity contribution is -0.0868. The first-order chi connectivity index (χ1) is 10.0. The fraction of sp³-hybridized carbons (Fsp3) is 0.529. The maximum Gasteiger partial charge on any atom is 0.600 e. The van der Waals surface area contributed by atoms with Crippen molar-refractivity contribution in [3.8, 4) is 0 Å². The molecule has 1 atom stereocenters. The van der Waals surface area contributed by atoms with Gasteiger partial charge in [0.15, 0.2) is 9.58 Å². The molecule has 0 spiro atoms. The van der Waals surface area contributed by atoms with Crippen molar-refractivity contribution in [1.29, 1.82) is 0 Å². The maximum absolute atomic E-state index is 13.6. The number of thiophene rings is 1. The molecule has 5 heteroatoms. The zero-order chi connectivity index (χ0) is 15.0. The standard InChI is InChI=1S/C17H20F3S.ClH/c1-2-5-12-8-9-14-11-16(13-6-3-4-7-13)21(15(14)10-12)17(18,19)20;/h8-11,13H,2-7H2,1H3;1H/q+1;/p-1. The molecule has 1 unspecified atom stereocenters. The van der Waals surface area contributed by atoms with E-state index >= 15 is 0 Å². The van der Waals surface area contributed by atoms with E-state index in [9.17, 15) is 13.2 Å². The molecule has 0 amide bonds. The summed E-state index contributed by atoms with van der Waals surface area (Å²) in [5, 5.41) is 0.789. The highest BCUT2D eigenvalue weighted by atomic mass is 35.5. The zero-order valence-electron chi connectivity index (χ0n) is 12.5. The highest BCUT2D eigenvalue weighted by Gasteiger charge is 2.49. The van der Waals surface area contributed by atoms with Gasteiger partial charge >= 0.3 is 5.51 Å². The average Bonchev–Trinajstić information content (AvgIpc) is 3.04. The van der Waals surface area contributed by atoms with Gasteiger partial charge in [-0.05, 0) is 30.9 Å². The van der Waals surface area contributed by atoms with E-state index in [1.54, 1.807) is 6.07 Å². The summed E-state index contributed by atoms with van der Waals surface area (Å²) in [4.78, 5) is 0.642. The van der Waals surface area contributed by atoms with Gasteiger partial charge in [0.2, 0.25) is 0 Å². The highest BCUT2D eigenvalue weighted by Crippen LogP contribution is 2.55. The predicted octanol–water partition coefficient (Wildman–Crippen LogP) is 3.68. The van der Waals surface area contributed by atoms with Crippen LogP contribution in [0, 0.1) is 0 Å². The molecule has 1 heterocycles. The predicted molar refractivity (Wildman–Crippen MR) is 82.9 cm³/mol. The number of aryl methyl sites for hydroxylation is 1. The number of hydrogen-bond donors (Lipinski definition) is 0. The number of alkyl halides is 3. The fourth-order valence-corrected chi connectivity index (χ4v) is 5.63. The van der Waals surface area contributed by atoms with E-state index in [1.165, 1.54) is 0 Å². The minimum absolute atomic E-state index is 0. The summed E-state index contributed by atoms with van der Waals surface area (Å²) < 4.78 is 41.4. The third-order valence-corrected chi connectivity index (χ3v) is 6.54. The molecule has 1 aromatic heterocycles. The van der Waals surface area contributed by atoms with Crippen LogP contribution in [0.1, 0.15) is 55.4 Å². The molecular weight excluding hydrogens is 329 g/mol. The van der Waals surface area contributed by atoms with Crippen LogP contribution in [0.3, 0.4) is 0 Å². The second-order valence-electron chi connectivity index (χ2n) is 5.90. The molecule has 1 aliphatic carbocycles. The molecule has 122 valence electrons. The summed E-state index contributed by atoms with van der Waals surface area (Å²) in [7, 11) is -1.70. The molecule has 0 N–H and O–H groups in total. The lowest BCUT2D eigenvalue weighted by atomic mass is 10.1. The Kier molecular flexibility index (Phi) is 5.44. The normalized spacial score (nSPS) is 17.0. The summed E-state index contributed by atoms with van der Waals surface area (Å²) >= 11 is 0. The fourth-order valence-electron chi connectivity index (χ4n) is 3.41. The van der Waals surface area contributed by atoms with Crippen LogP contribution in [-0.2, 0) is 11.9 Å². The summed E-state index contributed by atoms with van der Waals surface area (Å²) in [5.74, 6) is 0.136. The van der Waals surface area contributed by atoms with Crippen LogP contribution >= 0.6 is 10.5 Å². The van der Waals surface area contributed by atoms with Gasteiger partial charge in [0.25, 0.3) is 0 Å². The Labute approximate surface area is 138 Å². The molecule has 0 aliphatic heterocycles. The topological polar surface area (TPSA) is 0 Å². The molecule has 0 saturated heterocycles. The minimum atomic E-state index is -4.15. The lowest BCUT2D eigenvalue weighted by Gasteiger charge is -2.05. The molecule has 22 heavy (non-hydrogen) atoms. The van der Waals surface area contributed by atoms with Crippen molar-refractivity contribution in [2.75, 3.05) is 0 Å². The van der Waals surface area contributed by atoms with E-state index < -0.39 is 16.0 Å². The van der Waals surface area contributed by atoms with Gasteiger partial charge in [-0.3, -0.25) is 0 Å². The van der Waals surface area contributed by atoms with Gasteiger partial charge in [0, 0.05) is 23.4 Å². The van der Waals surface area contributed by atoms with Crippen LogP contribution < -0.4 is 12.4 Å². The molecule has 0 radical (unpaired) electrons. The molecule has 2 aromatic rings. The second kappa shape index (κ2) is 6.79. The van der Waals surface area contributed by atoms with E-state index in [-0.39, 0.29) is 18.3 Å². The van der Waals surface area contributed by atoms with Crippen LogP contribution in [0.4, 0.5) is 13.2 Å². The third kappa shape index (κ3) is 3.28. The van der Waals surface area contributed by atoms with E-state index in [2.05, 4.69) is 6.92 Å². The van der Waals surface area contributed by atoms with Gasteiger partial charge in [-0.15, -0.1) is 13.2 Å². The molecule has 0 nitrogen and oxygen atoms in total. The Morgan fingerprint density at radius 3 is 2.41 bits per heavy atom. The maximum atomic E-state index is 13.6. The van der Waals surface area contributed by atoms with Crippen LogP contribution in [0.25, 0.3) is 10.1 Å². The lowest BCUT2D eigenvalue weighted by Crippen LogP contribution is -3.00. The Morgan fingerprint density at radius 2 is 1.82 bits per heavy atom. The van der Waals surface area contributed by atoms with E-state index in [0.29, 0.717) is 9.58 Å². The Hall–Kier alpha value is -0.740. The molecule has 1 aromatic carbocycles. The molecule has 1 aliphatic rings. The SMILES string of the molecule is CCCc1ccc2cc(C3CCCC3)[s+](C(F)(F)F)c2c1.[Cl-]. The zero-order valence-corrected chi connectivity index (χ0v) is 14.1. The number of hydrogen-bond acceptors (Lipinski definition) is 0. The Balaban J connectivity index is 0.00000176. The highest BCUT2D eigenvalue weighted by molar-refractivity contribution is 7.38. The van der Waals surface area contributed by atoms with Gasteiger partial charge in [0.1, 0.15) is 0 Å². The summed E-state index contributed by atoms with van der Waals surface area (Å²) in [6.45, 7) is 2.05. The van der Waals surface area contributed by atoms with Crippen LogP contribution in [0.5, 0.6) is 0 Å². The molecule has 1 fully saturated rings. The summed E-state index contributed by atoms with van der Waals surface area (Å²) in [6.07, 6.45) is 5.77.